The summed E-state index contributed by atoms with van der Waals surface area (Å²) in [7, 11) is 0. The molecule has 18 heavy (non-hydrogen) atoms. The van der Waals surface area contributed by atoms with Gasteiger partial charge in [0.05, 0.1) is 16.4 Å². The molecule has 2 aromatic rings. The van der Waals surface area contributed by atoms with E-state index in [4.69, 9.17) is 0 Å². The van der Waals surface area contributed by atoms with Crippen molar-refractivity contribution in [3.05, 3.63) is 21.4 Å². The molecule has 0 spiro atoms. The number of halogens is 1. The summed E-state index contributed by atoms with van der Waals surface area (Å²) in [6, 6.07) is -0.402. The van der Waals surface area contributed by atoms with E-state index in [1.807, 2.05) is 13.8 Å². The van der Waals surface area contributed by atoms with Crippen molar-refractivity contribution in [1.82, 2.24) is 20.0 Å². The number of hydrogen-bond acceptors (Lipinski definition) is 5. The van der Waals surface area contributed by atoms with Crippen LogP contribution in [0, 0.1) is 13.8 Å². The summed E-state index contributed by atoms with van der Waals surface area (Å²) in [5.41, 5.74) is 0.908. The van der Waals surface area contributed by atoms with Crippen molar-refractivity contribution in [1.29, 1.82) is 0 Å². The quantitative estimate of drug-likeness (QED) is 0.937. The van der Waals surface area contributed by atoms with Gasteiger partial charge in [0.15, 0.2) is 0 Å². The molecule has 0 saturated carbocycles. The van der Waals surface area contributed by atoms with Crippen LogP contribution in [-0.4, -0.2) is 25.9 Å². The largest absolute Gasteiger partial charge is 0.299 e. The summed E-state index contributed by atoms with van der Waals surface area (Å²) in [6.07, 6.45) is 1.67. The number of carbonyl (C=O) groups is 1. The molecule has 8 heteroatoms. The fourth-order valence-electron chi connectivity index (χ4n) is 1.46. The van der Waals surface area contributed by atoms with E-state index >= 15 is 0 Å². The van der Waals surface area contributed by atoms with E-state index in [2.05, 4.69) is 36.5 Å². The predicted molar refractivity (Wildman–Crippen MR) is 72.7 cm³/mol. The highest BCUT2D eigenvalue weighted by Gasteiger charge is 2.19. The number of hydrogen-bond donors (Lipinski definition) is 1. The predicted octanol–water partition coefficient (Wildman–Crippen LogP) is 2.31. The van der Waals surface area contributed by atoms with E-state index in [9.17, 15) is 4.79 Å². The number of nitrogens with one attached hydrogen (secondary N) is 1. The van der Waals surface area contributed by atoms with Gasteiger partial charge in [-0.1, -0.05) is 11.3 Å². The Morgan fingerprint density at radius 1 is 1.50 bits per heavy atom. The van der Waals surface area contributed by atoms with E-state index in [0.29, 0.717) is 5.13 Å². The molecule has 0 aliphatic rings. The van der Waals surface area contributed by atoms with Crippen LogP contribution < -0.4 is 5.32 Å². The Kier molecular flexibility index (Phi) is 3.76. The van der Waals surface area contributed by atoms with E-state index in [1.165, 1.54) is 11.3 Å². The number of nitrogens with zero attached hydrogens (tertiary/aromatic N) is 4. The molecule has 0 fully saturated rings. The molecular weight excluding hydrogens is 318 g/mol. The zero-order valence-electron chi connectivity index (χ0n) is 10.1. The number of carbonyl (C=O) groups excluding carboxylic acids is 1. The number of rotatable bonds is 3. The molecular formula is C10H12BrN5OS. The minimum Gasteiger partial charge on any atom is -0.299 e. The van der Waals surface area contributed by atoms with Gasteiger partial charge in [-0.3, -0.25) is 14.8 Å². The van der Waals surface area contributed by atoms with Crippen LogP contribution in [0.1, 0.15) is 23.7 Å². The van der Waals surface area contributed by atoms with Gasteiger partial charge in [-0.15, -0.1) is 10.2 Å². The second-order valence-corrected chi connectivity index (χ2v) is 5.85. The SMILES string of the molecule is Cc1nnc(NC(=O)[C@H](C)n2ncc(Br)c2C)s1. The van der Waals surface area contributed by atoms with Crippen LogP contribution in [0.2, 0.25) is 0 Å². The Hall–Kier alpha value is -1.28. The molecule has 1 N–H and O–H groups in total. The number of amides is 1. The van der Waals surface area contributed by atoms with Crippen molar-refractivity contribution in [3.8, 4) is 0 Å². The Balaban J connectivity index is 2.12. The summed E-state index contributed by atoms with van der Waals surface area (Å²) in [5, 5.41) is 15.9. The van der Waals surface area contributed by atoms with Crippen LogP contribution in [-0.2, 0) is 4.79 Å². The minimum atomic E-state index is -0.402. The Labute approximate surface area is 117 Å². The molecule has 0 radical (unpaired) electrons. The number of anilines is 1. The lowest BCUT2D eigenvalue weighted by atomic mass is 10.3. The highest BCUT2D eigenvalue weighted by molar-refractivity contribution is 9.10. The lowest BCUT2D eigenvalue weighted by Gasteiger charge is -2.12. The summed E-state index contributed by atoms with van der Waals surface area (Å²) < 4.78 is 2.54. The molecule has 6 nitrogen and oxygen atoms in total. The second kappa shape index (κ2) is 5.15. The molecule has 0 aromatic carbocycles. The Bertz CT molecular complexity index is 579. The maximum atomic E-state index is 12.0. The standard InChI is InChI=1S/C10H12BrN5OS/c1-5-8(11)4-12-16(5)6(2)9(17)13-10-15-14-7(3)18-10/h4,6H,1-3H3,(H,13,15,17)/t6-/m0/s1. The van der Waals surface area contributed by atoms with Gasteiger partial charge < -0.3 is 0 Å². The third-order valence-electron chi connectivity index (χ3n) is 2.49. The normalized spacial score (nSPS) is 12.4. The van der Waals surface area contributed by atoms with Crippen LogP contribution in [0.4, 0.5) is 5.13 Å². The Morgan fingerprint density at radius 2 is 2.22 bits per heavy atom. The number of aromatic nitrogens is 4. The molecule has 1 amide bonds. The first-order chi connectivity index (χ1) is 8.49. The fourth-order valence-corrected chi connectivity index (χ4v) is 2.33. The highest BCUT2D eigenvalue weighted by atomic mass is 79.9. The topological polar surface area (TPSA) is 72.7 Å². The van der Waals surface area contributed by atoms with Gasteiger partial charge in [0.25, 0.3) is 5.91 Å². The second-order valence-electron chi connectivity index (χ2n) is 3.81. The summed E-state index contributed by atoms with van der Waals surface area (Å²) >= 11 is 4.71. The molecule has 2 aromatic heterocycles. The van der Waals surface area contributed by atoms with Gasteiger partial charge in [-0.05, 0) is 36.7 Å². The van der Waals surface area contributed by atoms with Crippen LogP contribution in [0.15, 0.2) is 10.7 Å². The minimum absolute atomic E-state index is 0.162. The first-order valence-corrected chi connectivity index (χ1v) is 6.90. The van der Waals surface area contributed by atoms with Crippen LogP contribution in [0.25, 0.3) is 0 Å². The van der Waals surface area contributed by atoms with Crippen LogP contribution in [0.5, 0.6) is 0 Å². The van der Waals surface area contributed by atoms with Crippen molar-refractivity contribution in [2.45, 2.75) is 26.8 Å². The summed E-state index contributed by atoms with van der Waals surface area (Å²) in [6.45, 7) is 5.52. The molecule has 0 aliphatic heterocycles. The molecule has 2 heterocycles. The van der Waals surface area contributed by atoms with Gasteiger partial charge in [-0.25, -0.2) is 0 Å². The molecule has 0 bridgehead atoms. The summed E-state index contributed by atoms with van der Waals surface area (Å²) in [4.78, 5) is 12.0. The molecule has 0 unspecified atom stereocenters. The van der Waals surface area contributed by atoms with Crippen molar-refractivity contribution < 1.29 is 4.79 Å². The van der Waals surface area contributed by atoms with Gasteiger partial charge in [-0.2, -0.15) is 5.10 Å². The van der Waals surface area contributed by atoms with E-state index < -0.39 is 6.04 Å². The van der Waals surface area contributed by atoms with E-state index in [1.54, 1.807) is 17.8 Å². The van der Waals surface area contributed by atoms with Crippen molar-refractivity contribution >= 4 is 38.3 Å². The van der Waals surface area contributed by atoms with Crippen LogP contribution >= 0.6 is 27.3 Å². The van der Waals surface area contributed by atoms with Crippen LogP contribution in [0.3, 0.4) is 0 Å². The average Bonchev–Trinajstić information content (AvgIpc) is 2.87. The van der Waals surface area contributed by atoms with Gasteiger partial charge in [0.1, 0.15) is 11.0 Å². The third-order valence-corrected chi connectivity index (χ3v) is 4.02. The smallest absolute Gasteiger partial charge is 0.250 e. The Morgan fingerprint density at radius 3 is 2.72 bits per heavy atom. The monoisotopic (exact) mass is 329 g/mol. The fraction of sp³-hybridized carbons (Fsp3) is 0.400. The number of aryl methyl sites for hydroxylation is 1. The molecule has 0 saturated heterocycles. The lowest BCUT2D eigenvalue weighted by Crippen LogP contribution is -2.25. The average molecular weight is 330 g/mol. The van der Waals surface area contributed by atoms with Gasteiger partial charge >= 0.3 is 0 Å². The van der Waals surface area contributed by atoms with E-state index in [0.717, 1.165) is 15.2 Å². The van der Waals surface area contributed by atoms with Gasteiger partial charge in [0, 0.05) is 0 Å². The molecule has 1 atom stereocenters. The molecule has 0 aliphatic carbocycles. The summed E-state index contributed by atoms with van der Waals surface area (Å²) in [5.74, 6) is -0.162. The lowest BCUT2D eigenvalue weighted by molar-refractivity contribution is -0.119. The maximum Gasteiger partial charge on any atom is 0.250 e. The highest BCUT2D eigenvalue weighted by Crippen LogP contribution is 2.20. The van der Waals surface area contributed by atoms with Crippen molar-refractivity contribution in [2.24, 2.45) is 0 Å². The van der Waals surface area contributed by atoms with Crippen molar-refractivity contribution in [3.63, 3.8) is 0 Å². The van der Waals surface area contributed by atoms with E-state index in [-0.39, 0.29) is 5.91 Å². The first kappa shape index (κ1) is 13.2. The molecule has 96 valence electrons. The zero-order chi connectivity index (χ0) is 13.3. The maximum absolute atomic E-state index is 12.0. The zero-order valence-corrected chi connectivity index (χ0v) is 12.5. The van der Waals surface area contributed by atoms with Crippen molar-refractivity contribution in [2.75, 3.05) is 5.32 Å². The van der Waals surface area contributed by atoms with Gasteiger partial charge in [0.2, 0.25) is 5.13 Å². The molecule has 2 rings (SSSR count). The third kappa shape index (κ3) is 2.59. The first-order valence-electron chi connectivity index (χ1n) is 5.29.